The van der Waals surface area contributed by atoms with E-state index in [1.54, 1.807) is 19.9 Å². The van der Waals surface area contributed by atoms with E-state index in [0.29, 0.717) is 12.8 Å². The number of ether oxygens (including phenoxy) is 3. The van der Waals surface area contributed by atoms with Crippen LogP contribution in [-0.2, 0) is 19.1 Å². The molecule has 212 valence electrons. The van der Waals surface area contributed by atoms with E-state index in [9.17, 15) is 19.5 Å². The second kappa shape index (κ2) is 17.8. The molecular formula is C30H45NO7. The molecule has 0 bridgehead atoms. The number of hydrogen-bond acceptors (Lipinski definition) is 7. The van der Waals surface area contributed by atoms with Gasteiger partial charge in [0.15, 0.2) is 5.78 Å². The summed E-state index contributed by atoms with van der Waals surface area (Å²) in [6.07, 6.45) is 5.13. The highest BCUT2D eigenvalue weighted by molar-refractivity contribution is 5.96. The zero-order valence-electron chi connectivity index (χ0n) is 24.3. The Labute approximate surface area is 227 Å². The van der Waals surface area contributed by atoms with Crippen molar-refractivity contribution in [2.45, 2.75) is 68.2 Å². The van der Waals surface area contributed by atoms with Gasteiger partial charge in [-0.2, -0.15) is 0 Å². The Morgan fingerprint density at radius 3 is 2.21 bits per heavy atom. The summed E-state index contributed by atoms with van der Waals surface area (Å²) < 4.78 is 15.0. The number of amides is 1. The lowest BCUT2D eigenvalue weighted by atomic mass is 9.99. The molecule has 0 spiro atoms. The summed E-state index contributed by atoms with van der Waals surface area (Å²) in [4.78, 5) is 33.5. The smallest absolute Gasteiger partial charge is 0.410 e. The van der Waals surface area contributed by atoms with Crippen LogP contribution >= 0.6 is 0 Å². The topological polar surface area (TPSA) is 111 Å². The van der Waals surface area contributed by atoms with E-state index in [-0.39, 0.29) is 46.6 Å². The highest BCUT2D eigenvalue weighted by atomic mass is 16.5. The summed E-state index contributed by atoms with van der Waals surface area (Å²) in [5.74, 6) is 0.403. The number of alkyl carbamates (subject to hydrolysis) is 1. The fourth-order valence-corrected chi connectivity index (χ4v) is 2.84. The Balaban J connectivity index is 0.000000875. The molecule has 1 atom stereocenters. The molecule has 0 aliphatic rings. The van der Waals surface area contributed by atoms with Crippen molar-refractivity contribution in [1.82, 2.24) is 5.32 Å². The van der Waals surface area contributed by atoms with E-state index in [1.807, 2.05) is 19.1 Å². The van der Waals surface area contributed by atoms with Gasteiger partial charge in [-0.3, -0.25) is 14.9 Å². The number of benzene rings is 1. The molecule has 8 heteroatoms. The number of aryl methyl sites for hydroxylation is 1. The van der Waals surface area contributed by atoms with Crippen LogP contribution in [0.5, 0.6) is 5.75 Å². The molecule has 1 aromatic rings. The monoisotopic (exact) mass is 531 g/mol. The minimum Gasteiger partial charge on any atom is -0.507 e. The van der Waals surface area contributed by atoms with Gasteiger partial charge in [0, 0.05) is 29.7 Å². The molecular weight excluding hydrogens is 486 g/mol. The summed E-state index contributed by atoms with van der Waals surface area (Å²) in [5.41, 5.74) is 1.71. The summed E-state index contributed by atoms with van der Waals surface area (Å²) in [5, 5.41) is 12.5. The van der Waals surface area contributed by atoms with Crippen LogP contribution in [0.1, 0.15) is 66.9 Å². The number of methoxy groups -OCH3 is 1. The minimum absolute atomic E-state index is 0.177. The maximum absolute atomic E-state index is 11.9. The molecule has 0 saturated carbocycles. The number of Topliss-reactive ketones (excluding diaryl/α,β-unsaturated/α-hetero) is 1. The Bertz CT molecular complexity index is 967. The van der Waals surface area contributed by atoms with Crippen LogP contribution in [0.15, 0.2) is 59.7 Å². The summed E-state index contributed by atoms with van der Waals surface area (Å²) in [7, 11) is 1.27. The molecule has 0 saturated heterocycles. The molecule has 0 radical (unpaired) electrons. The van der Waals surface area contributed by atoms with Crippen molar-refractivity contribution in [2.24, 2.45) is 17.3 Å². The van der Waals surface area contributed by atoms with Gasteiger partial charge in [-0.25, -0.2) is 4.79 Å². The normalized spacial score (nSPS) is 13.2. The maximum Gasteiger partial charge on any atom is 0.410 e. The van der Waals surface area contributed by atoms with Gasteiger partial charge in [0.2, 0.25) is 0 Å². The lowest BCUT2D eigenvalue weighted by Gasteiger charge is -2.18. The van der Waals surface area contributed by atoms with Crippen LogP contribution in [0.25, 0.3) is 0 Å². The van der Waals surface area contributed by atoms with E-state index >= 15 is 0 Å². The molecule has 0 aliphatic carbocycles. The third kappa shape index (κ3) is 15.5. The SMILES string of the molecule is COC(=O)N/C=C/CCC(C)/C(=C/C(O)=C(\C)C(=O)C(C)C)OC=O.Cc1ccc(OCC(C)(C)C)cc1. The number of rotatable bonds is 12. The first-order valence-corrected chi connectivity index (χ1v) is 12.7. The molecule has 38 heavy (non-hydrogen) atoms. The molecule has 2 N–H and O–H groups in total. The standard InChI is InChI=1S/C18H27NO6.C12H18O/c1-12(2)17(22)14(4)15(21)10-16(25-11-20)13(3)8-6-7-9-19-18(23)24-5;1-10-5-7-11(8-6-10)13-9-12(2,3)4/h7,9-13,21H,6,8H2,1-5H3,(H,19,23);5-8H,9H2,1-4H3/b9-7+,15-14-,16-10-;. The third-order valence-corrected chi connectivity index (χ3v) is 5.19. The maximum atomic E-state index is 11.9. The van der Waals surface area contributed by atoms with Crippen molar-refractivity contribution in [3.8, 4) is 5.75 Å². The number of carbonyl (C=O) groups excluding carboxylic acids is 3. The van der Waals surface area contributed by atoms with Crippen molar-refractivity contribution in [1.29, 1.82) is 0 Å². The summed E-state index contributed by atoms with van der Waals surface area (Å²) in [6.45, 7) is 16.4. The molecule has 0 heterocycles. The van der Waals surface area contributed by atoms with E-state index < -0.39 is 6.09 Å². The van der Waals surface area contributed by atoms with Crippen LogP contribution in [-0.4, -0.2) is 37.2 Å². The summed E-state index contributed by atoms with van der Waals surface area (Å²) in [6, 6.07) is 8.16. The van der Waals surface area contributed by atoms with Crippen molar-refractivity contribution in [2.75, 3.05) is 13.7 Å². The Kier molecular flexibility index (Phi) is 16.2. The Hall–Kier alpha value is -3.55. The van der Waals surface area contributed by atoms with Crippen molar-refractivity contribution in [3.63, 3.8) is 0 Å². The van der Waals surface area contributed by atoms with Crippen molar-refractivity contribution in [3.05, 3.63) is 65.3 Å². The number of aliphatic hydroxyl groups excluding tert-OH is 1. The van der Waals surface area contributed by atoms with E-state index in [1.165, 1.54) is 31.9 Å². The highest BCUT2D eigenvalue weighted by Crippen LogP contribution is 2.21. The molecule has 0 aliphatic heterocycles. The van der Waals surface area contributed by atoms with Gasteiger partial charge in [0.05, 0.1) is 13.7 Å². The molecule has 8 nitrogen and oxygen atoms in total. The van der Waals surface area contributed by atoms with Gasteiger partial charge >= 0.3 is 6.09 Å². The highest BCUT2D eigenvalue weighted by Gasteiger charge is 2.16. The second-order valence-electron chi connectivity index (χ2n) is 10.5. The number of aliphatic hydroxyl groups is 1. The molecule has 1 aromatic carbocycles. The van der Waals surface area contributed by atoms with Crippen LogP contribution in [0, 0.1) is 24.2 Å². The van der Waals surface area contributed by atoms with Gasteiger partial charge in [0.25, 0.3) is 6.47 Å². The van der Waals surface area contributed by atoms with Gasteiger partial charge in [-0.1, -0.05) is 65.3 Å². The first-order valence-electron chi connectivity index (χ1n) is 12.7. The third-order valence-electron chi connectivity index (χ3n) is 5.19. The largest absolute Gasteiger partial charge is 0.507 e. The zero-order valence-corrected chi connectivity index (χ0v) is 24.3. The fraction of sp³-hybridized carbons (Fsp3) is 0.500. The fourth-order valence-electron chi connectivity index (χ4n) is 2.84. The predicted molar refractivity (Wildman–Crippen MR) is 150 cm³/mol. The predicted octanol–water partition coefficient (Wildman–Crippen LogP) is 6.81. The number of ketones is 1. The van der Waals surface area contributed by atoms with Crippen molar-refractivity contribution < 1.29 is 33.7 Å². The quantitative estimate of drug-likeness (QED) is 0.132. The molecule has 1 unspecified atom stereocenters. The number of carbonyl (C=O) groups is 3. The second-order valence-corrected chi connectivity index (χ2v) is 10.5. The summed E-state index contributed by atoms with van der Waals surface area (Å²) >= 11 is 0. The van der Waals surface area contributed by atoms with Gasteiger partial charge in [0.1, 0.15) is 17.3 Å². The lowest BCUT2D eigenvalue weighted by molar-refractivity contribution is -0.125. The van der Waals surface area contributed by atoms with Crippen LogP contribution < -0.4 is 10.1 Å². The average Bonchev–Trinajstić information content (AvgIpc) is 2.86. The van der Waals surface area contributed by atoms with Gasteiger partial charge < -0.3 is 19.3 Å². The van der Waals surface area contributed by atoms with E-state index in [0.717, 1.165) is 12.4 Å². The number of nitrogens with one attached hydrogen (secondary N) is 1. The first kappa shape index (κ1) is 34.5. The first-order chi connectivity index (χ1) is 17.7. The molecule has 0 fully saturated rings. The average molecular weight is 532 g/mol. The van der Waals surface area contributed by atoms with E-state index in [4.69, 9.17) is 9.47 Å². The van der Waals surface area contributed by atoms with Crippen molar-refractivity contribution >= 4 is 18.3 Å². The number of hydrogen-bond donors (Lipinski definition) is 2. The Morgan fingerprint density at radius 2 is 1.71 bits per heavy atom. The zero-order chi connectivity index (χ0) is 29.3. The Morgan fingerprint density at radius 1 is 1.11 bits per heavy atom. The number of allylic oxidation sites excluding steroid dienone is 4. The molecule has 1 amide bonds. The van der Waals surface area contributed by atoms with Crippen LogP contribution in [0.2, 0.25) is 0 Å². The minimum atomic E-state index is -0.561. The van der Waals surface area contributed by atoms with Crippen LogP contribution in [0.3, 0.4) is 0 Å². The molecule has 0 aromatic heterocycles. The lowest BCUT2D eigenvalue weighted by Crippen LogP contribution is -2.16. The van der Waals surface area contributed by atoms with Gasteiger partial charge in [-0.05, 0) is 44.2 Å². The van der Waals surface area contributed by atoms with Crippen LogP contribution in [0.4, 0.5) is 4.79 Å². The van der Waals surface area contributed by atoms with E-state index in [2.05, 4.69) is 49.9 Å². The molecule has 1 rings (SSSR count). The van der Waals surface area contributed by atoms with Gasteiger partial charge in [-0.15, -0.1) is 0 Å².